The molecule has 6 nitrogen and oxygen atoms in total. The van der Waals surface area contributed by atoms with Gasteiger partial charge in [0.15, 0.2) is 0 Å². The minimum Gasteiger partial charge on any atom is -0.497 e. The quantitative estimate of drug-likeness (QED) is 0.637. The Bertz CT molecular complexity index is 876. The van der Waals surface area contributed by atoms with Gasteiger partial charge in [-0.1, -0.05) is 30.4 Å². The van der Waals surface area contributed by atoms with Crippen molar-refractivity contribution < 1.29 is 14.3 Å². The van der Waals surface area contributed by atoms with Crippen LogP contribution in [0.25, 0.3) is 0 Å². The molecule has 0 aliphatic rings. The molecule has 3 aromatic rings. The van der Waals surface area contributed by atoms with E-state index in [0.29, 0.717) is 29.5 Å². The van der Waals surface area contributed by atoms with Crippen LogP contribution in [0.4, 0.5) is 5.13 Å². The first-order chi connectivity index (χ1) is 13.2. The number of benzene rings is 2. The maximum absolute atomic E-state index is 12.2. The summed E-state index contributed by atoms with van der Waals surface area (Å²) in [5, 5.41) is 12.2. The molecule has 0 atom stereocenters. The first-order valence-electron chi connectivity index (χ1n) is 8.67. The average molecular weight is 383 g/mol. The summed E-state index contributed by atoms with van der Waals surface area (Å²) in [7, 11) is 1.59. The van der Waals surface area contributed by atoms with Crippen LogP contribution in [0.15, 0.2) is 48.5 Å². The summed E-state index contributed by atoms with van der Waals surface area (Å²) in [5.74, 6) is 1.31. The van der Waals surface area contributed by atoms with Gasteiger partial charge in [0, 0.05) is 12.0 Å². The van der Waals surface area contributed by atoms with Crippen molar-refractivity contribution >= 4 is 22.4 Å². The number of amides is 1. The number of aryl methyl sites for hydroxylation is 1. The summed E-state index contributed by atoms with van der Waals surface area (Å²) in [6.07, 6.45) is 1.64. The van der Waals surface area contributed by atoms with E-state index in [0.717, 1.165) is 17.2 Å². The van der Waals surface area contributed by atoms with Crippen molar-refractivity contribution in [3.8, 4) is 11.5 Å². The molecule has 0 fully saturated rings. The predicted octanol–water partition coefficient (Wildman–Crippen LogP) is 3.98. The summed E-state index contributed by atoms with van der Waals surface area (Å²) in [4.78, 5) is 12.2. The van der Waals surface area contributed by atoms with Crippen LogP contribution in [0.2, 0.25) is 0 Å². The van der Waals surface area contributed by atoms with Crippen LogP contribution in [0.1, 0.15) is 27.9 Å². The molecule has 7 heteroatoms. The first kappa shape index (κ1) is 18.8. The van der Waals surface area contributed by atoms with Crippen molar-refractivity contribution in [3.05, 3.63) is 64.7 Å². The third kappa shape index (κ3) is 5.27. The Hall–Kier alpha value is -2.93. The van der Waals surface area contributed by atoms with Gasteiger partial charge in [0.05, 0.1) is 13.7 Å². The molecule has 0 bridgehead atoms. The molecule has 2 aromatic carbocycles. The molecule has 0 aliphatic heterocycles. The Morgan fingerprint density at radius 1 is 1.04 bits per heavy atom. The van der Waals surface area contributed by atoms with Crippen molar-refractivity contribution in [1.82, 2.24) is 10.2 Å². The Morgan fingerprint density at radius 3 is 2.41 bits per heavy atom. The third-order valence-corrected chi connectivity index (χ3v) is 4.85. The number of hydrogen-bond acceptors (Lipinski definition) is 6. The number of rotatable bonds is 8. The van der Waals surface area contributed by atoms with Crippen LogP contribution in [-0.4, -0.2) is 29.8 Å². The minimum absolute atomic E-state index is 0.229. The number of nitrogens with zero attached hydrogens (tertiary/aromatic N) is 2. The second-order valence-electron chi connectivity index (χ2n) is 5.78. The summed E-state index contributed by atoms with van der Waals surface area (Å²) in [6.45, 7) is 2.63. The van der Waals surface area contributed by atoms with Gasteiger partial charge in [0.1, 0.15) is 16.5 Å². The van der Waals surface area contributed by atoms with E-state index in [4.69, 9.17) is 9.47 Å². The highest BCUT2D eigenvalue weighted by atomic mass is 32.1. The van der Waals surface area contributed by atoms with Crippen molar-refractivity contribution in [3.63, 3.8) is 0 Å². The summed E-state index contributed by atoms with van der Waals surface area (Å²) in [6, 6.07) is 15.0. The fourth-order valence-electron chi connectivity index (χ4n) is 2.39. The minimum atomic E-state index is -0.229. The lowest BCUT2D eigenvalue weighted by atomic mass is 10.2. The Labute approximate surface area is 162 Å². The second-order valence-corrected chi connectivity index (χ2v) is 6.84. The monoisotopic (exact) mass is 383 g/mol. The van der Waals surface area contributed by atoms with Gasteiger partial charge in [0.25, 0.3) is 5.91 Å². The molecule has 3 rings (SSSR count). The fourth-order valence-corrected chi connectivity index (χ4v) is 3.11. The number of ether oxygens (including phenoxy) is 2. The molecule has 1 N–H and O–H groups in total. The maximum atomic E-state index is 12.2. The van der Waals surface area contributed by atoms with Crippen LogP contribution < -0.4 is 14.8 Å². The summed E-state index contributed by atoms with van der Waals surface area (Å²) in [5.41, 5.74) is 1.81. The Balaban J connectivity index is 1.49. The molecule has 0 radical (unpaired) electrons. The van der Waals surface area contributed by atoms with Gasteiger partial charge in [-0.25, -0.2) is 0 Å². The highest BCUT2D eigenvalue weighted by molar-refractivity contribution is 7.15. The second kappa shape index (κ2) is 9.14. The number of anilines is 1. The normalized spacial score (nSPS) is 10.4. The van der Waals surface area contributed by atoms with E-state index < -0.39 is 0 Å². The smallest absolute Gasteiger partial charge is 0.257 e. The Kier molecular flexibility index (Phi) is 6.38. The van der Waals surface area contributed by atoms with Crippen molar-refractivity contribution in [1.29, 1.82) is 0 Å². The first-order valence-corrected chi connectivity index (χ1v) is 9.49. The molecular weight excluding hydrogens is 362 g/mol. The number of nitrogens with one attached hydrogen (secondary N) is 1. The SMILES string of the molecule is CCc1ccc(OCCc2nnc(NC(=O)c3ccc(OC)cc3)s2)cc1. The molecule has 1 heterocycles. The van der Waals surface area contributed by atoms with E-state index in [1.165, 1.54) is 16.9 Å². The molecule has 1 amide bonds. The molecule has 0 unspecified atom stereocenters. The van der Waals surface area contributed by atoms with Crippen LogP contribution in [0.3, 0.4) is 0 Å². The molecule has 0 spiro atoms. The lowest BCUT2D eigenvalue weighted by Gasteiger charge is -2.05. The third-order valence-electron chi connectivity index (χ3n) is 3.96. The van der Waals surface area contributed by atoms with E-state index in [-0.39, 0.29) is 5.91 Å². The van der Waals surface area contributed by atoms with Crippen LogP contribution in [0, 0.1) is 0 Å². The molecule has 0 aliphatic carbocycles. The van der Waals surface area contributed by atoms with Gasteiger partial charge in [-0.05, 0) is 48.4 Å². The molecular formula is C20H21N3O3S. The van der Waals surface area contributed by atoms with Gasteiger partial charge in [-0.3, -0.25) is 10.1 Å². The van der Waals surface area contributed by atoms with E-state index in [2.05, 4.69) is 34.6 Å². The maximum Gasteiger partial charge on any atom is 0.257 e. The van der Waals surface area contributed by atoms with Gasteiger partial charge < -0.3 is 9.47 Å². The molecule has 0 saturated carbocycles. The van der Waals surface area contributed by atoms with Gasteiger partial charge in [-0.2, -0.15) is 0 Å². The fraction of sp³-hybridized carbons (Fsp3) is 0.250. The number of aromatic nitrogens is 2. The van der Waals surface area contributed by atoms with E-state index in [1.807, 2.05) is 12.1 Å². The van der Waals surface area contributed by atoms with E-state index in [1.54, 1.807) is 31.4 Å². The topological polar surface area (TPSA) is 73.3 Å². The standard InChI is InChI=1S/C20H21N3O3S/c1-3-14-4-8-17(9-5-14)26-13-12-18-22-23-20(27-18)21-19(24)15-6-10-16(25-2)11-7-15/h4-11H,3,12-13H2,1-2H3,(H,21,23,24). The highest BCUT2D eigenvalue weighted by Crippen LogP contribution is 2.19. The molecule has 27 heavy (non-hydrogen) atoms. The molecule has 0 saturated heterocycles. The number of carbonyl (C=O) groups is 1. The summed E-state index contributed by atoms with van der Waals surface area (Å²) < 4.78 is 10.8. The Morgan fingerprint density at radius 2 is 1.74 bits per heavy atom. The number of hydrogen-bond donors (Lipinski definition) is 1. The molecule has 1 aromatic heterocycles. The van der Waals surface area contributed by atoms with Crippen LogP contribution in [-0.2, 0) is 12.8 Å². The van der Waals surface area contributed by atoms with Gasteiger partial charge >= 0.3 is 0 Å². The van der Waals surface area contributed by atoms with Crippen LogP contribution in [0.5, 0.6) is 11.5 Å². The number of carbonyl (C=O) groups excluding carboxylic acids is 1. The highest BCUT2D eigenvalue weighted by Gasteiger charge is 2.10. The lowest BCUT2D eigenvalue weighted by molar-refractivity contribution is 0.102. The van der Waals surface area contributed by atoms with E-state index >= 15 is 0 Å². The van der Waals surface area contributed by atoms with Crippen molar-refractivity contribution in [2.24, 2.45) is 0 Å². The zero-order chi connectivity index (χ0) is 19.1. The number of methoxy groups -OCH3 is 1. The van der Waals surface area contributed by atoms with Crippen LogP contribution >= 0.6 is 11.3 Å². The zero-order valence-corrected chi connectivity index (χ0v) is 16.1. The summed E-state index contributed by atoms with van der Waals surface area (Å²) >= 11 is 1.35. The average Bonchev–Trinajstić information content (AvgIpc) is 3.15. The van der Waals surface area contributed by atoms with Crippen molar-refractivity contribution in [2.75, 3.05) is 19.0 Å². The lowest BCUT2D eigenvalue weighted by Crippen LogP contribution is -2.11. The van der Waals surface area contributed by atoms with Gasteiger partial charge in [0.2, 0.25) is 5.13 Å². The predicted molar refractivity (Wildman–Crippen MR) is 106 cm³/mol. The van der Waals surface area contributed by atoms with Gasteiger partial charge in [-0.15, -0.1) is 10.2 Å². The van der Waals surface area contributed by atoms with Crippen molar-refractivity contribution in [2.45, 2.75) is 19.8 Å². The zero-order valence-electron chi connectivity index (χ0n) is 15.3. The largest absolute Gasteiger partial charge is 0.497 e. The molecule has 140 valence electrons. The van der Waals surface area contributed by atoms with E-state index in [9.17, 15) is 4.79 Å².